The molecular formula is C13H16N2O3. The lowest BCUT2D eigenvalue weighted by atomic mass is 10.1. The quantitative estimate of drug-likeness (QED) is 0.876. The zero-order valence-electron chi connectivity index (χ0n) is 10.5. The fourth-order valence-electron chi connectivity index (χ4n) is 1.67. The van der Waals surface area contributed by atoms with E-state index in [4.69, 9.17) is 9.15 Å². The van der Waals surface area contributed by atoms with E-state index in [-0.39, 0.29) is 13.2 Å². The lowest BCUT2D eigenvalue weighted by Gasteiger charge is -2.11. The monoisotopic (exact) mass is 248 g/mol. The smallest absolute Gasteiger partial charge is 0.253 e. The molecule has 0 bridgehead atoms. The van der Waals surface area contributed by atoms with Crippen LogP contribution in [0.25, 0.3) is 0 Å². The molecule has 0 atom stereocenters. The van der Waals surface area contributed by atoms with Crippen molar-refractivity contribution in [2.45, 2.75) is 33.5 Å². The molecule has 2 rings (SSSR count). The van der Waals surface area contributed by atoms with Gasteiger partial charge in [-0.3, -0.25) is 0 Å². The number of rotatable bonds is 5. The van der Waals surface area contributed by atoms with Crippen molar-refractivity contribution in [2.24, 2.45) is 0 Å². The third-order valence-electron chi connectivity index (χ3n) is 2.61. The second kappa shape index (κ2) is 5.64. The van der Waals surface area contributed by atoms with Crippen molar-refractivity contribution >= 4 is 0 Å². The van der Waals surface area contributed by atoms with Crippen LogP contribution >= 0.6 is 0 Å². The van der Waals surface area contributed by atoms with E-state index in [0.717, 1.165) is 11.1 Å². The average Bonchev–Trinajstić information content (AvgIpc) is 2.85. The van der Waals surface area contributed by atoms with E-state index in [1.54, 1.807) is 0 Å². The van der Waals surface area contributed by atoms with Gasteiger partial charge in [-0.15, -0.1) is 10.2 Å². The molecule has 0 aliphatic rings. The molecule has 0 aliphatic carbocycles. The number of hydrogen-bond donors (Lipinski definition) is 1. The molecule has 0 saturated heterocycles. The van der Waals surface area contributed by atoms with Crippen molar-refractivity contribution in [2.75, 3.05) is 0 Å². The number of para-hydroxylation sites is 1. The topological polar surface area (TPSA) is 68.4 Å². The number of ether oxygens (including phenoxy) is 1. The van der Waals surface area contributed by atoms with Crippen LogP contribution in [0.5, 0.6) is 5.75 Å². The van der Waals surface area contributed by atoms with Crippen molar-refractivity contribution < 1.29 is 14.3 Å². The van der Waals surface area contributed by atoms with Crippen LogP contribution in [0.3, 0.4) is 0 Å². The first-order chi connectivity index (χ1) is 8.74. The molecule has 0 spiro atoms. The van der Waals surface area contributed by atoms with Gasteiger partial charge in [0, 0.05) is 12.0 Å². The van der Waals surface area contributed by atoms with Crippen LogP contribution in [0.1, 0.15) is 29.8 Å². The molecule has 0 radical (unpaired) electrons. The van der Waals surface area contributed by atoms with Gasteiger partial charge in [0.05, 0.1) is 6.61 Å². The van der Waals surface area contributed by atoms with Crippen molar-refractivity contribution in [1.82, 2.24) is 10.2 Å². The largest absolute Gasteiger partial charge is 0.483 e. The summed E-state index contributed by atoms with van der Waals surface area (Å²) in [6.07, 6.45) is 0.708. The SMILES string of the molecule is CCc1nnc(COc2c(C)cccc2CO)o1. The van der Waals surface area contributed by atoms with Gasteiger partial charge in [0.25, 0.3) is 5.89 Å². The lowest BCUT2D eigenvalue weighted by Crippen LogP contribution is -2.01. The predicted octanol–water partition coefficient (Wildman–Crippen LogP) is 2.01. The summed E-state index contributed by atoms with van der Waals surface area (Å²) in [6.45, 7) is 4.04. The van der Waals surface area contributed by atoms with Gasteiger partial charge in [0.2, 0.25) is 5.89 Å². The van der Waals surface area contributed by atoms with E-state index in [1.165, 1.54) is 0 Å². The molecule has 0 saturated carbocycles. The van der Waals surface area contributed by atoms with Crippen molar-refractivity contribution in [1.29, 1.82) is 0 Å². The molecule has 18 heavy (non-hydrogen) atoms. The molecule has 1 aromatic carbocycles. The summed E-state index contributed by atoms with van der Waals surface area (Å²) in [6, 6.07) is 5.64. The summed E-state index contributed by atoms with van der Waals surface area (Å²) in [5, 5.41) is 17.0. The molecule has 1 heterocycles. The number of aromatic nitrogens is 2. The van der Waals surface area contributed by atoms with Crippen LogP contribution in [-0.2, 0) is 19.6 Å². The van der Waals surface area contributed by atoms with Gasteiger partial charge in [0.1, 0.15) is 5.75 Å². The van der Waals surface area contributed by atoms with Crippen molar-refractivity contribution in [3.63, 3.8) is 0 Å². The van der Waals surface area contributed by atoms with Gasteiger partial charge >= 0.3 is 0 Å². The Morgan fingerprint density at radius 1 is 1.28 bits per heavy atom. The van der Waals surface area contributed by atoms with Crippen molar-refractivity contribution in [3.8, 4) is 5.75 Å². The Kier molecular flexibility index (Phi) is 3.94. The van der Waals surface area contributed by atoms with Crippen LogP contribution in [-0.4, -0.2) is 15.3 Å². The highest BCUT2D eigenvalue weighted by atomic mass is 16.5. The van der Waals surface area contributed by atoms with Gasteiger partial charge in [0.15, 0.2) is 6.61 Å². The maximum atomic E-state index is 9.25. The minimum absolute atomic E-state index is 0.0545. The van der Waals surface area contributed by atoms with E-state index in [0.29, 0.717) is 24.0 Å². The Hall–Kier alpha value is -1.88. The zero-order chi connectivity index (χ0) is 13.0. The van der Waals surface area contributed by atoms with Gasteiger partial charge in [-0.05, 0) is 12.5 Å². The number of aliphatic hydroxyl groups is 1. The average molecular weight is 248 g/mol. The molecule has 0 aliphatic heterocycles. The van der Waals surface area contributed by atoms with Crippen LogP contribution in [0.4, 0.5) is 0 Å². The van der Waals surface area contributed by atoms with Crippen molar-refractivity contribution in [3.05, 3.63) is 41.1 Å². The molecule has 1 aromatic heterocycles. The Morgan fingerprint density at radius 2 is 2.06 bits per heavy atom. The normalized spacial score (nSPS) is 10.6. The Morgan fingerprint density at radius 3 is 2.72 bits per heavy atom. The molecule has 5 nitrogen and oxygen atoms in total. The summed E-state index contributed by atoms with van der Waals surface area (Å²) in [5.41, 5.74) is 1.72. The van der Waals surface area contributed by atoms with E-state index >= 15 is 0 Å². The van der Waals surface area contributed by atoms with Gasteiger partial charge < -0.3 is 14.3 Å². The van der Waals surface area contributed by atoms with Crippen LogP contribution < -0.4 is 4.74 Å². The minimum Gasteiger partial charge on any atom is -0.483 e. The summed E-state index contributed by atoms with van der Waals surface area (Å²) >= 11 is 0. The first-order valence-corrected chi connectivity index (χ1v) is 5.88. The molecular weight excluding hydrogens is 232 g/mol. The van der Waals surface area contributed by atoms with E-state index < -0.39 is 0 Å². The predicted molar refractivity (Wildman–Crippen MR) is 65.1 cm³/mol. The highest BCUT2D eigenvalue weighted by Crippen LogP contribution is 2.24. The molecule has 0 fully saturated rings. The molecule has 2 aromatic rings. The van der Waals surface area contributed by atoms with E-state index in [1.807, 2.05) is 32.0 Å². The summed E-state index contributed by atoms with van der Waals surface area (Å²) in [7, 11) is 0. The highest BCUT2D eigenvalue weighted by Gasteiger charge is 2.09. The third-order valence-corrected chi connectivity index (χ3v) is 2.61. The summed E-state index contributed by atoms with van der Waals surface area (Å²) < 4.78 is 11.0. The number of aryl methyl sites for hydroxylation is 2. The molecule has 96 valence electrons. The zero-order valence-corrected chi connectivity index (χ0v) is 10.5. The van der Waals surface area contributed by atoms with Gasteiger partial charge in [-0.1, -0.05) is 25.1 Å². The number of aliphatic hydroxyl groups excluding tert-OH is 1. The standard InChI is InChI=1S/C13H16N2O3/c1-3-11-14-15-12(18-11)8-17-13-9(2)5-4-6-10(13)7-16/h4-6,16H,3,7-8H2,1-2H3. The first kappa shape index (κ1) is 12.6. The Balaban J connectivity index is 2.10. The summed E-state index contributed by atoms with van der Waals surface area (Å²) in [5.74, 6) is 1.72. The van der Waals surface area contributed by atoms with Gasteiger partial charge in [-0.25, -0.2) is 0 Å². The fraction of sp³-hybridized carbons (Fsp3) is 0.385. The molecule has 5 heteroatoms. The summed E-state index contributed by atoms with van der Waals surface area (Å²) in [4.78, 5) is 0. The highest BCUT2D eigenvalue weighted by molar-refractivity contribution is 5.40. The van der Waals surface area contributed by atoms with Crippen LogP contribution in [0.2, 0.25) is 0 Å². The fourth-order valence-corrected chi connectivity index (χ4v) is 1.67. The Labute approximate surface area is 105 Å². The third kappa shape index (κ3) is 2.68. The Bertz CT molecular complexity index is 523. The van der Waals surface area contributed by atoms with Crippen LogP contribution in [0.15, 0.2) is 22.6 Å². The first-order valence-electron chi connectivity index (χ1n) is 5.88. The number of hydrogen-bond acceptors (Lipinski definition) is 5. The van der Waals surface area contributed by atoms with E-state index in [2.05, 4.69) is 10.2 Å². The number of nitrogens with zero attached hydrogens (tertiary/aromatic N) is 2. The molecule has 1 N–H and O–H groups in total. The second-order valence-corrected chi connectivity index (χ2v) is 3.95. The molecule has 0 amide bonds. The number of benzene rings is 1. The van der Waals surface area contributed by atoms with Gasteiger partial charge in [-0.2, -0.15) is 0 Å². The maximum Gasteiger partial charge on any atom is 0.253 e. The lowest BCUT2D eigenvalue weighted by molar-refractivity contribution is 0.238. The maximum absolute atomic E-state index is 9.25. The second-order valence-electron chi connectivity index (χ2n) is 3.95. The minimum atomic E-state index is -0.0545. The van der Waals surface area contributed by atoms with E-state index in [9.17, 15) is 5.11 Å². The molecule has 0 unspecified atom stereocenters. The van der Waals surface area contributed by atoms with Crippen LogP contribution in [0, 0.1) is 6.92 Å².